The molecular formula is C27H26F9N3O2. The summed E-state index contributed by atoms with van der Waals surface area (Å²) in [5, 5.41) is 9.94. The summed E-state index contributed by atoms with van der Waals surface area (Å²) in [5.74, 6) is 0. The Hall–Kier alpha value is -3.63. The Morgan fingerprint density at radius 2 is 1.51 bits per heavy atom. The van der Waals surface area contributed by atoms with Gasteiger partial charge in [-0.2, -0.15) is 44.8 Å². The topological polar surface area (TPSA) is 56.6 Å². The van der Waals surface area contributed by atoms with Crippen LogP contribution in [0.3, 0.4) is 0 Å². The van der Waals surface area contributed by atoms with Crippen molar-refractivity contribution >= 4 is 11.8 Å². The maximum atomic E-state index is 13.8. The summed E-state index contributed by atoms with van der Waals surface area (Å²) < 4.78 is 127. The molecule has 1 aliphatic heterocycles. The van der Waals surface area contributed by atoms with Crippen LogP contribution < -0.4 is 4.90 Å². The van der Waals surface area contributed by atoms with Gasteiger partial charge in [0.1, 0.15) is 5.60 Å². The number of anilines is 1. The number of carbonyl (C=O) groups is 1. The van der Waals surface area contributed by atoms with Gasteiger partial charge in [-0.1, -0.05) is 6.07 Å². The molecule has 0 radical (unpaired) electrons. The molecule has 1 amide bonds. The number of halogens is 9. The lowest BCUT2D eigenvalue weighted by Crippen LogP contribution is -2.37. The van der Waals surface area contributed by atoms with Gasteiger partial charge in [-0.25, -0.2) is 4.79 Å². The zero-order chi connectivity index (χ0) is 31.1. The van der Waals surface area contributed by atoms with Gasteiger partial charge in [-0.3, -0.25) is 9.80 Å². The van der Waals surface area contributed by atoms with Gasteiger partial charge < -0.3 is 4.74 Å². The Morgan fingerprint density at radius 1 is 0.951 bits per heavy atom. The van der Waals surface area contributed by atoms with Crippen molar-refractivity contribution < 1.29 is 49.0 Å². The Bertz CT molecular complexity index is 1300. The van der Waals surface area contributed by atoms with E-state index in [0.29, 0.717) is 12.1 Å². The first kappa shape index (κ1) is 31.9. The molecule has 14 heteroatoms. The average Bonchev–Trinajstić information content (AvgIpc) is 2.98. The van der Waals surface area contributed by atoms with E-state index in [-0.39, 0.29) is 42.3 Å². The van der Waals surface area contributed by atoms with Gasteiger partial charge in [-0.05, 0) is 81.5 Å². The van der Waals surface area contributed by atoms with Crippen molar-refractivity contribution in [1.82, 2.24) is 4.90 Å². The highest BCUT2D eigenvalue weighted by Gasteiger charge is 2.40. The molecule has 1 aliphatic rings. The number of hydrogen-bond donors (Lipinski definition) is 0. The number of ether oxygens (including phenoxy) is 1. The molecule has 224 valence electrons. The monoisotopic (exact) mass is 595 g/mol. The number of benzene rings is 2. The van der Waals surface area contributed by atoms with E-state index in [4.69, 9.17) is 4.74 Å². The number of rotatable bonds is 3. The summed E-state index contributed by atoms with van der Waals surface area (Å²) in [6, 6.07) is 1.73. The third-order valence-electron chi connectivity index (χ3n) is 6.31. The van der Waals surface area contributed by atoms with Crippen LogP contribution in [-0.4, -0.2) is 23.1 Å². The predicted octanol–water partition coefficient (Wildman–Crippen LogP) is 8.61. The number of fused-ring (bicyclic) bond motifs is 1. The van der Waals surface area contributed by atoms with Gasteiger partial charge in [0, 0.05) is 6.54 Å². The maximum Gasteiger partial charge on any atom is 0.416 e. The molecule has 0 unspecified atom stereocenters. The standard InChI is InChI=1S/C27H26F9N3O2/c1-15-8-19-21(38(14-37)13-16-9-17(25(28,29)30)11-18(10-16)26(31,32)33)6-5-7-39(23(40)41-24(2,3)4)22(19)12-20(15)27(34,35)36/h8-12,21H,5-7,13H2,1-4H3/t21-/m0/s1. The van der Waals surface area contributed by atoms with E-state index in [9.17, 15) is 49.6 Å². The molecule has 0 aliphatic carbocycles. The van der Waals surface area contributed by atoms with Crippen LogP contribution in [0.15, 0.2) is 30.3 Å². The van der Waals surface area contributed by atoms with Crippen LogP contribution in [0.2, 0.25) is 0 Å². The van der Waals surface area contributed by atoms with Crippen LogP contribution in [0.4, 0.5) is 50.0 Å². The van der Waals surface area contributed by atoms with Crippen LogP contribution in [0, 0.1) is 18.4 Å². The number of carbonyl (C=O) groups excluding carboxylic acids is 1. The van der Waals surface area contributed by atoms with E-state index < -0.39 is 65.1 Å². The van der Waals surface area contributed by atoms with Crippen LogP contribution >= 0.6 is 0 Å². The zero-order valence-corrected chi connectivity index (χ0v) is 22.4. The average molecular weight is 596 g/mol. The minimum Gasteiger partial charge on any atom is -0.443 e. The van der Waals surface area contributed by atoms with Gasteiger partial charge in [0.15, 0.2) is 6.19 Å². The highest BCUT2D eigenvalue weighted by molar-refractivity contribution is 5.89. The molecular weight excluding hydrogens is 569 g/mol. The van der Waals surface area contributed by atoms with E-state index in [1.54, 1.807) is 27.0 Å². The highest BCUT2D eigenvalue weighted by Crippen LogP contribution is 2.43. The normalized spacial score (nSPS) is 16.5. The summed E-state index contributed by atoms with van der Waals surface area (Å²) >= 11 is 0. The fourth-order valence-corrected chi connectivity index (χ4v) is 4.60. The predicted molar refractivity (Wildman–Crippen MR) is 129 cm³/mol. The molecule has 0 fully saturated rings. The van der Waals surface area contributed by atoms with Crippen molar-refractivity contribution in [2.45, 2.75) is 77.3 Å². The van der Waals surface area contributed by atoms with E-state index in [1.165, 1.54) is 6.92 Å². The number of alkyl halides is 9. The molecule has 0 N–H and O–H groups in total. The zero-order valence-electron chi connectivity index (χ0n) is 22.4. The Morgan fingerprint density at radius 3 is 1.98 bits per heavy atom. The number of nitriles is 1. The Kier molecular flexibility index (Phi) is 8.54. The van der Waals surface area contributed by atoms with Crippen molar-refractivity contribution in [3.05, 3.63) is 63.7 Å². The smallest absolute Gasteiger partial charge is 0.416 e. The molecule has 41 heavy (non-hydrogen) atoms. The van der Waals surface area contributed by atoms with Crippen molar-refractivity contribution in [1.29, 1.82) is 5.26 Å². The molecule has 1 atom stereocenters. The Labute approximate surface area is 230 Å². The fraction of sp³-hybridized carbons (Fsp3) is 0.481. The second-order valence-corrected chi connectivity index (χ2v) is 10.7. The minimum absolute atomic E-state index is 0.0398. The summed E-state index contributed by atoms with van der Waals surface area (Å²) in [7, 11) is 0. The van der Waals surface area contributed by atoms with Crippen LogP contribution in [0.1, 0.15) is 73.0 Å². The van der Waals surface area contributed by atoms with Crippen LogP contribution in [0.5, 0.6) is 0 Å². The number of nitrogens with zero attached hydrogens (tertiary/aromatic N) is 3. The van der Waals surface area contributed by atoms with Crippen molar-refractivity contribution in [2.75, 3.05) is 11.4 Å². The lowest BCUT2D eigenvalue weighted by atomic mass is 9.94. The minimum atomic E-state index is -5.11. The number of hydrogen-bond acceptors (Lipinski definition) is 4. The fourth-order valence-electron chi connectivity index (χ4n) is 4.60. The summed E-state index contributed by atoms with van der Waals surface area (Å²) in [5.41, 5.74) is -6.06. The molecule has 0 saturated carbocycles. The second-order valence-electron chi connectivity index (χ2n) is 10.7. The van der Waals surface area contributed by atoms with E-state index in [2.05, 4.69) is 0 Å². The lowest BCUT2D eigenvalue weighted by Gasteiger charge is -2.31. The van der Waals surface area contributed by atoms with Gasteiger partial charge >= 0.3 is 24.6 Å². The third-order valence-corrected chi connectivity index (χ3v) is 6.31. The van der Waals surface area contributed by atoms with E-state index in [1.807, 2.05) is 0 Å². The van der Waals surface area contributed by atoms with Gasteiger partial charge in [-0.15, -0.1) is 0 Å². The lowest BCUT2D eigenvalue weighted by molar-refractivity contribution is -0.143. The molecule has 3 rings (SSSR count). The van der Waals surface area contributed by atoms with Crippen molar-refractivity contribution in [3.8, 4) is 6.19 Å². The molecule has 0 saturated heterocycles. The first-order valence-corrected chi connectivity index (χ1v) is 12.3. The third kappa shape index (κ3) is 7.56. The van der Waals surface area contributed by atoms with Gasteiger partial charge in [0.05, 0.1) is 35.0 Å². The molecule has 2 aromatic carbocycles. The van der Waals surface area contributed by atoms with Gasteiger partial charge in [0.25, 0.3) is 0 Å². The summed E-state index contributed by atoms with van der Waals surface area (Å²) in [4.78, 5) is 14.9. The molecule has 1 heterocycles. The number of amides is 1. The molecule has 2 aromatic rings. The van der Waals surface area contributed by atoms with E-state index >= 15 is 0 Å². The van der Waals surface area contributed by atoms with E-state index in [0.717, 1.165) is 21.9 Å². The highest BCUT2D eigenvalue weighted by atomic mass is 19.4. The van der Waals surface area contributed by atoms with Crippen molar-refractivity contribution in [2.24, 2.45) is 0 Å². The summed E-state index contributed by atoms with van der Waals surface area (Å²) in [6.07, 6.45) is -14.0. The van der Waals surface area contributed by atoms with Crippen molar-refractivity contribution in [3.63, 3.8) is 0 Å². The van der Waals surface area contributed by atoms with Gasteiger partial charge in [0.2, 0.25) is 0 Å². The quantitative estimate of drug-likeness (QED) is 0.203. The van der Waals surface area contributed by atoms with Crippen LogP contribution in [0.25, 0.3) is 0 Å². The molecule has 0 aromatic heterocycles. The molecule has 5 nitrogen and oxygen atoms in total. The first-order valence-electron chi connectivity index (χ1n) is 12.3. The second kappa shape index (κ2) is 11.0. The number of aryl methyl sites for hydroxylation is 1. The van der Waals surface area contributed by atoms with Crippen LogP contribution in [-0.2, 0) is 29.8 Å². The SMILES string of the molecule is Cc1cc2c(cc1C(F)(F)F)N(C(=O)OC(C)(C)C)CCC[C@@H]2N(C#N)Cc1cc(C(F)(F)F)cc(C(F)(F)F)c1. The Balaban J connectivity index is 2.15. The largest absolute Gasteiger partial charge is 0.443 e. The first-order chi connectivity index (χ1) is 18.6. The maximum absolute atomic E-state index is 13.8. The summed E-state index contributed by atoms with van der Waals surface area (Å²) in [6.45, 7) is 5.03. The molecule has 0 bridgehead atoms. The molecule has 0 spiro atoms.